The predicted octanol–water partition coefficient (Wildman–Crippen LogP) is 5.69. The van der Waals surface area contributed by atoms with E-state index in [1.807, 2.05) is 78.9 Å². The average molecular weight is 786 g/mol. The minimum absolute atomic E-state index is 0.250. The number of unbranched alkanes of at least 4 members (excludes halogenated alkanes) is 1. The largest absolute Gasteiger partial charge is 0.491 e. The summed E-state index contributed by atoms with van der Waals surface area (Å²) >= 11 is 0. The molecule has 0 bridgehead atoms. The zero-order chi connectivity index (χ0) is 40.3. The summed E-state index contributed by atoms with van der Waals surface area (Å²) in [5.74, 6) is -0.291. The van der Waals surface area contributed by atoms with Crippen LogP contribution in [-0.2, 0) is 33.3 Å². The second kappa shape index (κ2) is 26.2. The Kier molecular flexibility index (Phi) is 20.2. The molecule has 1 atom stereocenters. The Hall–Kier alpha value is -5.77. The normalized spacial score (nSPS) is 11.4. The van der Waals surface area contributed by atoms with Crippen LogP contribution in [0.25, 0.3) is 32.3 Å². The van der Waals surface area contributed by atoms with E-state index < -0.39 is 17.9 Å². The van der Waals surface area contributed by atoms with Gasteiger partial charge in [-0.1, -0.05) is 65.8 Å². The second-order valence-electron chi connectivity index (χ2n) is 12.6. The van der Waals surface area contributed by atoms with Gasteiger partial charge in [0.25, 0.3) is 0 Å². The molecular formula is C41H51N7O9. The smallest absolute Gasteiger partial charge is 0.305 e. The van der Waals surface area contributed by atoms with E-state index in [0.29, 0.717) is 84.5 Å². The van der Waals surface area contributed by atoms with Crippen molar-refractivity contribution in [3.8, 4) is 16.9 Å². The molecule has 0 radical (unpaired) electrons. The van der Waals surface area contributed by atoms with E-state index in [4.69, 9.17) is 29.2 Å². The number of hydrogen-bond donors (Lipinski definition) is 4. The number of aromatic nitrogens is 1. The minimum Gasteiger partial charge on any atom is -0.491 e. The molecule has 304 valence electrons. The third kappa shape index (κ3) is 16.9. The molecule has 0 aliphatic rings. The van der Waals surface area contributed by atoms with Gasteiger partial charge in [-0.25, -0.2) is 4.98 Å². The van der Waals surface area contributed by atoms with Crippen molar-refractivity contribution in [2.45, 2.75) is 31.7 Å². The van der Waals surface area contributed by atoms with Crippen LogP contribution in [0.1, 0.15) is 37.3 Å². The molecule has 0 aliphatic carbocycles. The molecule has 1 aromatic heterocycles. The van der Waals surface area contributed by atoms with Crippen molar-refractivity contribution in [3.05, 3.63) is 101 Å². The summed E-state index contributed by atoms with van der Waals surface area (Å²) < 4.78 is 27.9. The standard InChI is InChI=1S/C41H51N7O9/c42-48-46-19-20-53-21-22-54-23-24-55-25-26-56-27-28-57-37-16-15-33(34-7-1-2-8-35(34)37)31-11-13-32(14-12-31)36(29-41(51)52)47-40(50)30-45-39(49)10-4-6-18-44-38-9-3-5-17-43-38/h1-3,5,7-9,11-17,36H,4,6,10,18-30H2,(H,43,44)(H,45,49)(H,47,50)(H,51,52)/t36-/m0/s1. The number of nitrogens with one attached hydrogen (secondary N) is 3. The molecule has 4 aromatic rings. The molecule has 4 rings (SSSR count). The van der Waals surface area contributed by atoms with Crippen molar-refractivity contribution >= 4 is 34.4 Å². The maximum atomic E-state index is 12.8. The first-order valence-electron chi connectivity index (χ1n) is 18.9. The summed E-state index contributed by atoms with van der Waals surface area (Å²) in [6, 6.07) is 24.0. The fourth-order valence-electron chi connectivity index (χ4n) is 5.70. The van der Waals surface area contributed by atoms with E-state index in [1.165, 1.54) is 0 Å². The lowest BCUT2D eigenvalue weighted by Gasteiger charge is -2.19. The van der Waals surface area contributed by atoms with Gasteiger partial charge in [0.05, 0.1) is 71.9 Å². The number of ether oxygens (including phenoxy) is 5. The summed E-state index contributed by atoms with van der Waals surface area (Å²) in [5, 5.41) is 23.5. The maximum Gasteiger partial charge on any atom is 0.305 e. The van der Waals surface area contributed by atoms with Crippen LogP contribution < -0.4 is 20.7 Å². The molecular weight excluding hydrogens is 734 g/mol. The Morgan fingerprint density at radius 3 is 2.09 bits per heavy atom. The van der Waals surface area contributed by atoms with E-state index >= 15 is 0 Å². The Bertz CT molecular complexity index is 1860. The Balaban J connectivity index is 1.18. The number of carbonyl (C=O) groups excluding carboxylic acids is 2. The number of rotatable bonds is 29. The van der Waals surface area contributed by atoms with Gasteiger partial charge >= 0.3 is 5.97 Å². The van der Waals surface area contributed by atoms with Gasteiger partial charge in [0.15, 0.2) is 0 Å². The number of benzene rings is 3. The Morgan fingerprint density at radius 1 is 0.754 bits per heavy atom. The van der Waals surface area contributed by atoms with Gasteiger partial charge in [-0.3, -0.25) is 14.4 Å². The average Bonchev–Trinajstić information content (AvgIpc) is 3.22. The fourth-order valence-corrected chi connectivity index (χ4v) is 5.70. The third-order valence-electron chi connectivity index (χ3n) is 8.47. The molecule has 0 unspecified atom stereocenters. The van der Waals surface area contributed by atoms with Gasteiger partial charge in [0.2, 0.25) is 11.8 Å². The van der Waals surface area contributed by atoms with Crippen molar-refractivity contribution in [3.63, 3.8) is 0 Å². The first kappa shape index (κ1) is 44.0. The molecule has 2 amide bonds. The van der Waals surface area contributed by atoms with Crippen LogP contribution in [-0.4, -0.2) is 107 Å². The lowest BCUT2D eigenvalue weighted by Crippen LogP contribution is -2.39. The lowest BCUT2D eigenvalue weighted by atomic mass is 9.95. The van der Waals surface area contributed by atoms with Crippen LogP contribution in [0.5, 0.6) is 5.75 Å². The highest BCUT2D eigenvalue weighted by atomic mass is 16.6. The summed E-state index contributed by atoms with van der Waals surface area (Å²) in [5.41, 5.74) is 10.7. The topological polar surface area (TPSA) is 215 Å². The van der Waals surface area contributed by atoms with Gasteiger partial charge in [0.1, 0.15) is 18.2 Å². The van der Waals surface area contributed by atoms with Crippen molar-refractivity contribution < 1.29 is 43.2 Å². The molecule has 0 spiro atoms. The molecule has 0 saturated carbocycles. The van der Waals surface area contributed by atoms with Crippen molar-refractivity contribution in [1.29, 1.82) is 0 Å². The monoisotopic (exact) mass is 785 g/mol. The predicted molar refractivity (Wildman–Crippen MR) is 215 cm³/mol. The van der Waals surface area contributed by atoms with E-state index in [9.17, 15) is 19.5 Å². The number of nitrogens with zero attached hydrogens (tertiary/aromatic N) is 4. The highest BCUT2D eigenvalue weighted by molar-refractivity contribution is 6.00. The first-order chi connectivity index (χ1) is 27.9. The summed E-state index contributed by atoms with van der Waals surface area (Å²) in [6.45, 7) is 4.41. The number of fused-ring (bicyclic) bond motifs is 1. The maximum absolute atomic E-state index is 12.8. The summed E-state index contributed by atoms with van der Waals surface area (Å²) in [6.07, 6.45) is 3.05. The fraction of sp³-hybridized carbons (Fsp3) is 0.415. The van der Waals surface area contributed by atoms with E-state index in [-0.39, 0.29) is 25.3 Å². The molecule has 0 saturated heterocycles. The van der Waals surface area contributed by atoms with Crippen molar-refractivity contribution in [2.75, 3.05) is 84.4 Å². The highest BCUT2D eigenvalue weighted by Crippen LogP contribution is 2.35. The number of hydrogen-bond acceptors (Lipinski definition) is 11. The van der Waals surface area contributed by atoms with Gasteiger partial charge in [-0.2, -0.15) is 0 Å². The number of carbonyl (C=O) groups is 3. The van der Waals surface area contributed by atoms with E-state index in [2.05, 4.69) is 31.0 Å². The molecule has 4 N–H and O–H groups in total. The van der Waals surface area contributed by atoms with Crippen LogP contribution in [0.4, 0.5) is 5.82 Å². The lowest BCUT2D eigenvalue weighted by molar-refractivity contribution is -0.138. The molecule has 3 aromatic carbocycles. The number of anilines is 1. The minimum atomic E-state index is -1.06. The van der Waals surface area contributed by atoms with Crippen LogP contribution in [0.3, 0.4) is 0 Å². The summed E-state index contributed by atoms with van der Waals surface area (Å²) in [4.78, 5) is 43.7. The van der Waals surface area contributed by atoms with Gasteiger partial charge < -0.3 is 44.7 Å². The number of carboxylic acid groups (broad SMARTS) is 1. The zero-order valence-corrected chi connectivity index (χ0v) is 32.0. The zero-order valence-electron chi connectivity index (χ0n) is 32.0. The Labute approximate surface area is 331 Å². The highest BCUT2D eigenvalue weighted by Gasteiger charge is 2.19. The van der Waals surface area contributed by atoms with Gasteiger partial charge in [-0.15, -0.1) is 0 Å². The van der Waals surface area contributed by atoms with Crippen LogP contribution in [0, 0.1) is 0 Å². The second-order valence-corrected chi connectivity index (χ2v) is 12.6. The molecule has 16 heteroatoms. The third-order valence-corrected chi connectivity index (χ3v) is 8.47. The molecule has 57 heavy (non-hydrogen) atoms. The molecule has 16 nitrogen and oxygen atoms in total. The van der Waals surface area contributed by atoms with Gasteiger partial charge in [0, 0.05) is 36.0 Å². The van der Waals surface area contributed by atoms with Crippen LogP contribution in [0.15, 0.2) is 90.2 Å². The number of amides is 2. The number of aliphatic carboxylic acids is 1. The SMILES string of the molecule is [N-]=[N+]=NCCOCCOCCOCCOCCOc1ccc(-c2ccc([C@H](CC(=O)O)NC(=O)CNC(=O)CCCCNc3ccccn3)cc2)c2ccccc12. The van der Waals surface area contributed by atoms with Gasteiger partial charge in [-0.05, 0) is 58.6 Å². The number of carboxylic acids is 1. The number of pyridine rings is 1. The van der Waals surface area contributed by atoms with Crippen LogP contribution >= 0.6 is 0 Å². The van der Waals surface area contributed by atoms with Crippen molar-refractivity contribution in [1.82, 2.24) is 15.6 Å². The summed E-state index contributed by atoms with van der Waals surface area (Å²) in [7, 11) is 0. The molecule has 1 heterocycles. The first-order valence-corrected chi connectivity index (χ1v) is 18.9. The van der Waals surface area contributed by atoms with Crippen molar-refractivity contribution in [2.24, 2.45) is 5.11 Å². The number of azide groups is 1. The molecule has 0 aliphatic heterocycles. The van der Waals surface area contributed by atoms with E-state index in [0.717, 1.165) is 39.9 Å². The quantitative estimate of drug-likeness (QED) is 0.0227. The Morgan fingerprint density at radius 2 is 1.42 bits per heavy atom. The van der Waals surface area contributed by atoms with Crippen LogP contribution in [0.2, 0.25) is 0 Å². The molecule has 0 fully saturated rings. The van der Waals surface area contributed by atoms with E-state index in [1.54, 1.807) is 6.20 Å².